The molecule has 4 heteroatoms. The fourth-order valence-electron chi connectivity index (χ4n) is 2.35. The zero-order valence-electron chi connectivity index (χ0n) is 12.5. The van der Waals surface area contributed by atoms with Gasteiger partial charge in [-0.25, -0.2) is 0 Å². The van der Waals surface area contributed by atoms with E-state index in [0.29, 0.717) is 0 Å². The highest BCUT2D eigenvalue weighted by atomic mass is 79.9. The van der Waals surface area contributed by atoms with Crippen molar-refractivity contribution >= 4 is 43.2 Å². The van der Waals surface area contributed by atoms with Gasteiger partial charge < -0.3 is 5.32 Å². The van der Waals surface area contributed by atoms with Crippen LogP contribution in [0.1, 0.15) is 48.7 Å². The number of rotatable bonds is 7. The van der Waals surface area contributed by atoms with E-state index in [1.54, 1.807) is 11.3 Å². The van der Waals surface area contributed by atoms with Crippen LogP contribution in [0.3, 0.4) is 0 Å². The molecule has 0 aliphatic rings. The summed E-state index contributed by atoms with van der Waals surface area (Å²) in [6, 6.07) is 11.5. The zero-order chi connectivity index (χ0) is 15.2. The molecule has 0 saturated carbocycles. The number of hydrogen-bond acceptors (Lipinski definition) is 2. The topological polar surface area (TPSA) is 12.0 Å². The SMILES string of the molecule is CCCCc1ccc(C(NCC)c2cc(Br)c(Br)s2)cc1. The van der Waals surface area contributed by atoms with Crippen molar-refractivity contribution < 1.29 is 0 Å². The van der Waals surface area contributed by atoms with Gasteiger partial charge in [0.15, 0.2) is 0 Å². The number of nitrogens with one attached hydrogen (secondary N) is 1. The highest BCUT2D eigenvalue weighted by Crippen LogP contribution is 2.37. The normalized spacial score (nSPS) is 12.6. The van der Waals surface area contributed by atoms with Gasteiger partial charge in [-0.3, -0.25) is 0 Å². The molecule has 21 heavy (non-hydrogen) atoms. The summed E-state index contributed by atoms with van der Waals surface area (Å²) in [5, 5.41) is 3.59. The Bertz CT molecular complexity index is 543. The van der Waals surface area contributed by atoms with E-state index in [9.17, 15) is 0 Å². The number of unbranched alkanes of at least 4 members (excludes halogenated alkanes) is 1. The third-order valence-electron chi connectivity index (χ3n) is 3.49. The molecule has 114 valence electrons. The van der Waals surface area contributed by atoms with Gasteiger partial charge in [-0.05, 0) is 68.4 Å². The van der Waals surface area contributed by atoms with E-state index in [2.05, 4.69) is 81.4 Å². The summed E-state index contributed by atoms with van der Waals surface area (Å²) in [6.45, 7) is 5.35. The van der Waals surface area contributed by atoms with Crippen LogP contribution in [-0.2, 0) is 6.42 Å². The Hall–Kier alpha value is -0.160. The lowest BCUT2D eigenvalue weighted by molar-refractivity contribution is 0.639. The number of thiophene rings is 1. The Morgan fingerprint density at radius 3 is 2.38 bits per heavy atom. The van der Waals surface area contributed by atoms with Crippen LogP contribution in [0.2, 0.25) is 0 Å². The van der Waals surface area contributed by atoms with Crippen LogP contribution in [0.25, 0.3) is 0 Å². The molecule has 1 nitrogen and oxygen atoms in total. The molecule has 0 fully saturated rings. The molecule has 0 aliphatic carbocycles. The summed E-state index contributed by atoms with van der Waals surface area (Å²) in [6.07, 6.45) is 3.69. The van der Waals surface area contributed by atoms with Gasteiger partial charge in [0.2, 0.25) is 0 Å². The van der Waals surface area contributed by atoms with Gasteiger partial charge in [0.1, 0.15) is 0 Å². The van der Waals surface area contributed by atoms with Gasteiger partial charge in [-0.1, -0.05) is 44.5 Å². The lowest BCUT2D eigenvalue weighted by Crippen LogP contribution is -2.21. The maximum Gasteiger partial charge on any atom is 0.0843 e. The van der Waals surface area contributed by atoms with Gasteiger partial charge in [0.25, 0.3) is 0 Å². The van der Waals surface area contributed by atoms with Crippen LogP contribution in [0.4, 0.5) is 0 Å². The predicted octanol–water partition coefficient (Wildman–Crippen LogP) is 6.31. The number of aryl methyl sites for hydroxylation is 1. The molecule has 0 bridgehead atoms. The second-order valence-electron chi connectivity index (χ2n) is 5.11. The maximum atomic E-state index is 3.59. The molecule has 2 rings (SSSR count). The molecule has 0 spiro atoms. The molecule has 1 atom stereocenters. The number of hydrogen-bond donors (Lipinski definition) is 1. The van der Waals surface area contributed by atoms with Crippen molar-refractivity contribution in [2.24, 2.45) is 0 Å². The van der Waals surface area contributed by atoms with Crippen molar-refractivity contribution in [1.82, 2.24) is 5.32 Å². The third kappa shape index (κ3) is 4.65. The van der Waals surface area contributed by atoms with E-state index in [1.807, 2.05) is 0 Å². The van der Waals surface area contributed by atoms with Crippen LogP contribution in [0.15, 0.2) is 38.6 Å². The van der Waals surface area contributed by atoms with E-state index in [-0.39, 0.29) is 6.04 Å². The molecule has 1 unspecified atom stereocenters. The molecule has 0 saturated heterocycles. The molecule has 0 amide bonds. The quantitative estimate of drug-likeness (QED) is 0.542. The molecular formula is C17H21Br2NS. The van der Waals surface area contributed by atoms with Crippen LogP contribution >= 0.6 is 43.2 Å². The average molecular weight is 431 g/mol. The van der Waals surface area contributed by atoms with Crippen LogP contribution in [-0.4, -0.2) is 6.54 Å². The predicted molar refractivity (Wildman–Crippen MR) is 100 cm³/mol. The Kier molecular flexibility index (Phi) is 6.93. The van der Waals surface area contributed by atoms with Crippen molar-refractivity contribution in [2.45, 2.75) is 39.2 Å². The van der Waals surface area contributed by atoms with Gasteiger partial charge in [-0.2, -0.15) is 0 Å². The minimum absolute atomic E-state index is 0.267. The Balaban J connectivity index is 2.21. The minimum Gasteiger partial charge on any atom is -0.306 e. The summed E-state index contributed by atoms with van der Waals surface area (Å²) < 4.78 is 2.28. The second-order valence-corrected chi connectivity index (χ2v) is 8.36. The first kappa shape index (κ1) is 17.2. The summed E-state index contributed by atoms with van der Waals surface area (Å²) in [5.74, 6) is 0. The maximum absolute atomic E-state index is 3.59. The molecule has 1 N–H and O–H groups in total. The molecule has 2 aromatic rings. The lowest BCUT2D eigenvalue weighted by atomic mass is 10.0. The molecule has 1 aromatic carbocycles. The Labute approximate surface area is 148 Å². The number of halogens is 2. The molecule has 1 aromatic heterocycles. The van der Waals surface area contributed by atoms with Gasteiger partial charge in [0, 0.05) is 9.35 Å². The van der Waals surface area contributed by atoms with Gasteiger partial charge in [0.05, 0.1) is 9.83 Å². The average Bonchev–Trinajstić information content (AvgIpc) is 2.82. The fourth-order valence-corrected chi connectivity index (χ4v) is 4.54. The smallest absolute Gasteiger partial charge is 0.0843 e. The van der Waals surface area contributed by atoms with Crippen molar-refractivity contribution in [3.05, 3.63) is 54.6 Å². The third-order valence-corrected chi connectivity index (χ3v) is 6.81. The van der Waals surface area contributed by atoms with Crippen LogP contribution < -0.4 is 5.32 Å². The van der Waals surface area contributed by atoms with Crippen molar-refractivity contribution in [1.29, 1.82) is 0 Å². The molecule has 0 radical (unpaired) electrons. The first-order valence-electron chi connectivity index (χ1n) is 7.42. The van der Waals surface area contributed by atoms with Crippen molar-refractivity contribution in [2.75, 3.05) is 6.54 Å². The van der Waals surface area contributed by atoms with Crippen molar-refractivity contribution in [3.8, 4) is 0 Å². The summed E-state index contributed by atoms with van der Waals surface area (Å²) in [7, 11) is 0. The van der Waals surface area contributed by atoms with E-state index in [4.69, 9.17) is 0 Å². The Morgan fingerprint density at radius 2 is 1.86 bits per heavy atom. The van der Waals surface area contributed by atoms with Crippen molar-refractivity contribution in [3.63, 3.8) is 0 Å². The highest BCUT2D eigenvalue weighted by molar-refractivity contribution is 9.13. The fraction of sp³-hybridized carbons (Fsp3) is 0.412. The van der Waals surface area contributed by atoms with E-state index in [0.717, 1.165) is 14.8 Å². The largest absolute Gasteiger partial charge is 0.306 e. The monoisotopic (exact) mass is 429 g/mol. The lowest BCUT2D eigenvalue weighted by Gasteiger charge is -2.17. The number of benzene rings is 1. The Morgan fingerprint density at radius 1 is 1.14 bits per heavy atom. The van der Waals surface area contributed by atoms with E-state index < -0.39 is 0 Å². The van der Waals surface area contributed by atoms with Gasteiger partial charge >= 0.3 is 0 Å². The molecule has 0 aliphatic heterocycles. The van der Waals surface area contributed by atoms with E-state index >= 15 is 0 Å². The summed E-state index contributed by atoms with van der Waals surface area (Å²) >= 11 is 8.96. The zero-order valence-corrected chi connectivity index (χ0v) is 16.4. The summed E-state index contributed by atoms with van der Waals surface area (Å²) in [4.78, 5) is 1.33. The first-order chi connectivity index (χ1) is 10.2. The second kappa shape index (κ2) is 8.47. The molecule has 1 heterocycles. The standard InChI is InChI=1S/C17H21Br2NS/c1-3-5-6-12-7-9-13(10-8-12)16(20-4-2)15-11-14(18)17(19)21-15/h7-11,16,20H,3-6H2,1-2H3. The molecular weight excluding hydrogens is 410 g/mol. The summed E-state index contributed by atoms with van der Waals surface area (Å²) in [5.41, 5.74) is 2.77. The van der Waals surface area contributed by atoms with Gasteiger partial charge in [-0.15, -0.1) is 11.3 Å². The van der Waals surface area contributed by atoms with Crippen LogP contribution in [0, 0.1) is 0 Å². The first-order valence-corrected chi connectivity index (χ1v) is 9.82. The minimum atomic E-state index is 0.267. The van der Waals surface area contributed by atoms with Crippen LogP contribution in [0.5, 0.6) is 0 Å². The van der Waals surface area contributed by atoms with E-state index in [1.165, 1.54) is 35.3 Å². The highest BCUT2D eigenvalue weighted by Gasteiger charge is 2.17.